The Hall–Kier alpha value is -2.50. The minimum Gasteiger partial charge on any atom is -0.370 e. The maximum Gasteiger partial charge on any atom is 0.257 e. The van der Waals surface area contributed by atoms with Crippen LogP contribution in [0, 0.1) is 11.6 Å². The van der Waals surface area contributed by atoms with Crippen LogP contribution in [-0.4, -0.2) is 17.4 Å². The van der Waals surface area contributed by atoms with E-state index in [1.165, 1.54) is 18.3 Å². The van der Waals surface area contributed by atoms with Crippen LogP contribution in [0.1, 0.15) is 23.7 Å². The molecule has 6 heteroatoms. The number of amides is 1. The number of carbonyl (C=O) groups is 1. The van der Waals surface area contributed by atoms with Crippen LogP contribution in [0.2, 0.25) is 0 Å². The smallest absolute Gasteiger partial charge is 0.257 e. The van der Waals surface area contributed by atoms with Crippen molar-refractivity contribution in [2.24, 2.45) is 0 Å². The monoisotopic (exact) mass is 291 g/mol. The lowest BCUT2D eigenvalue weighted by Crippen LogP contribution is -2.14. The van der Waals surface area contributed by atoms with Gasteiger partial charge in [0.1, 0.15) is 5.82 Å². The molecule has 0 aliphatic heterocycles. The topological polar surface area (TPSA) is 54.0 Å². The molecule has 4 nitrogen and oxygen atoms in total. The summed E-state index contributed by atoms with van der Waals surface area (Å²) in [5.41, 5.74) is 0.0638. The lowest BCUT2D eigenvalue weighted by molar-refractivity contribution is 0.102. The number of aromatic nitrogens is 1. The van der Waals surface area contributed by atoms with Gasteiger partial charge in [-0.25, -0.2) is 13.8 Å². The average molecular weight is 291 g/mol. The van der Waals surface area contributed by atoms with Gasteiger partial charge in [-0.05, 0) is 30.7 Å². The SMILES string of the molecule is CCCNc1ccc(C(=O)Nc2cccc(F)c2F)cn1. The number of nitrogens with one attached hydrogen (secondary N) is 2. The molecule has 0 radical (unpaired) electrons. The molecule has 0 fully saturated rings. The minimum absolute atomic E-state index is 0.201. The number of anilines is 2. The summed E-state index contributed by atoms with van der Waals surface area (Å²) in [6, 6.07) is 6.83. The molecule has 2 aromatic rings. The zero-order valence-electron chi connectivity index (χ0n) is 11.5. The van der Waals surface area contributed by atoms with E-state index in [0.29, 0.717) is 5.82 Å². The van der Waals surface area contributed by atoms with Crippen LogP contribution < -0.4 is 10.6 Å². The minimum atomic E-state index is -1.08. The van der Waals surface area contributed by atoms with E-state index in [9.17, 15) is 13.6 Å². The molecule has 1 heterocycles. The Morgan fingerprint density at radius 3 is 2.71 bits per heavy atom. The molecule has 0 unspecified atom stereocenters. The highest BCUT2D eigenvalue weighted by Gasteiger charge is 2.12. The highest BCUT2D eigenvalue weighted by Crippen LogP contribution is 2.17. The predicted octanol–water partition coefficient (Wildman–Crippen LogP) is 3.43. The first-order valence-electron chi connectivity index (χ1n) is 6.57. The van der Waals surface area contributed by atoms with Crippen molar-refractivity contribution in [2.45, 2.75) is 13.3 Å². The molecule has 0 saturated heterocycles. The zero-order chi connectivity index (χ0) is 15.2. The maximum absolute atomic E-state index is 13.5. The molecular weight excluding hydrogens is 276 g/mol. The zero-order valence-corrected chi connectivity index (χ0v) is 11.5. The van der Waals surface area contributed by atoms with E-state index in [4.69, 9.17) is 0 Å². The summed E-state index contributed by atoms with van der Waals surface area (Å²) >= 11 is 0. The van der Waals surface area contributed by atoms with Crippen molar-refractivity contribution in [1.29, 1.82) is 0 Å². The number of hydrogen-bond donors (Lipinski definition) is 2. The van der Waals surface area contributed by atoms with E-state index >= 15 is 0 Å². The molecular formula is C15H15F2N3O. The van der Waals surface area contributed by atoms with Gasteiger partial charge in [-0.2, -0.15) is 0 Å². The van der Waals surface area contributed by atoms with Gasteiger partial charge in [0.05, 0.1) is 11.3 Å². The number of rotatable bonds is 5. The van der Waals surface area contributed by atoms with Crippen molar-refractivity contribution >= 4 is 17.4 Å². The lowest BCUT2D eigenvalue weighted by Gasteiger charge is -2.08. The summed E-state index contributed by atoms with van der Waals surface area (Å²) in [6.45, 7) is 2.81. The molecule has 0 atom stereocenters. The summed E-state index contributed by atoms with van der Waals surface area (Å²) in [6.07, 6.45) is 2.34. The van der Waals surface area contributed by atoms with Gasteiger partial charge < -0.3 is 10.6 Å². The van der Waals surface area contributed by atoms with Crippen LogP contribution in [0.15, 0.2) is 36.5 Å². The highest BCUT2D eigenvalue weighted by atomic mass is 19.2. The number of nitrogens with zero attached hydrogens (tertiary/aromatic N) is 1. The summed E-state index contributed by atoms with van der Waals surface area (Å²) in [4.78, 5) is 16.0. The molecule has 21 heavy (non-hydrogen) atoms. The fourth-order valence-corrected chi connectivity index (χ4v) is 1.68. The third-order valence-electron chi connectivity index (χ3n) is 2.78. The first-order chi connectivity index (χ1) is 10.1. The molecule has 1 aromatic heterocycles. The highest BCUT2D eigenvalue weighted by molar-refractivity contribution is 6.04. The van der Waals surface area contributed by atoms with E-state index < -0.39 is 17.5 Å². The number of pyridine rings is 1. The first kappa shape index (κ1) is 14.9. The van der Waals surface area contributed by atoms with Gasteiger partial charge in [0, 0.05) is 12.7 Å². The molecule has 110 valence electrons. The van der Waals surface area contributed by atoms with E-state index in [0.717, 1.165) is 19.0 Å². The fraction of sp³-hybridized carbons (Fsp3) is 0.200. The number of benzene rings is 1. The summed E-state index contributed by atoms with van der Waals surface area (Å²) in [7, 11) is 0. The standard InChI is InChI=1S/C15H15F2N3O/c1-2-8-18-13-7-6-10(9-19-13)15(21)20-12-5-3-4-11(16)14(12)17/h3-7,9H,2,8H2,1H3,(H,18,19)(H,20,21). The molecule has 0 spiro atoms. The molecule has 2 N–H and O–H groups in total. The quantitative estimate of drug-likeness (QED) is 0.887. The summed E-state index contributed by atoms with van der Waals surface area (Å²) < 4.78 is 26.5. The van der Waals surface area contributed by atoms with Crippen molar-refractivity contribution in [3.63, 3.8) is 0 Å². The number of hydrogen-bond acceptors (Lipinski definition) is 3. The molecule has 0 aliphatic rings. The average Bonchev–Trinajstić information content (AvgIpc) is 2.50. The molecule has 0 aliphatic carbocycles. The van der Waals surface area contributed by atoms with Gasteiger partial charge in [0.25, 0.3) is 5.91 Å². The van der Waals surface area contributed by atoms with Gasteiger partial charge in [0.15, 0.2) is 11.6 Å². The molecule has 0 saturated carbocycles. The second kappa shape index (κ2) is 6.78. The van der Waals surface area contributed by atoms with Crippen LogP contribution in [-0.2, 0) is 0 Å². The van der Waals surface area contributed by atoms with E-state index in [1.807, 2.05) is 6.92 Å². The third kappa shape index (κ3) is 3.75. The van der Waals surface area contributed by atoms with E-state index in [2.05, 4.69) is 15.6 Å². The van der Waals surface area contributed by atoms with Gasteiger partial charge in [-0.1, -0.05) is 13.0 Å². The van der Waals surface area contributed by atoms with Crippen LogP contribution in [0.3, 0.4) is 0 Å². The normalized spacial score (nSPS) is 10.2. The first-order valence-corrected chi connectivity index (χ1v) is 6.57. The van der Waals surface area contributed by atoms with Crippen molar-refractivity contribution in [1.82, 2.24) is 4.98 Å². The van der Waals surface area contributed by atoms with Gasteiger partial charge in [0.2, 0.25) is 0 Å². The Morgan fingerprint density at radius 2 is 2.05 bits per heavy atom. The van der Waals surface area contributed by atoms with Crippen LogP contribution in [0.5, 0.6) is 0 Å². The van der Waals surface area contributed by atoms with Crippen molar-refractivity contribution < 1.29 is 13.6 Å². The van der Waals surface area contributed by atoms with Crippen LogP contribution in [0.25, 0.3) is 0 Å². The fourth-order valence-electron chi connectivity index (χ4n) is 1.68. The van der Waals surface area contributed by atoms with Gasteiger partial charge >= 0.3 is 0 Å². The second-order valence-corrected chi connectivity index (χ2v) is 4.41. The number of halogens is 2. The lowest BCUT2D eigenvalue weighted by atomic mass is 10.2. The molecule has 1 aromatic carbocycles. The third-order valence-corrected chi connectivity index (χ3v) is 2.78. The Bertz CT molecular complexity index is 629. The van der Waals surface area contributed by atoms with Crippen LogP contribution >= 0.6 is 0 Å². The molecule has 0 bridgehead atoms. The summed E-state index contributed by atoms with van der Waals surface area (Å²) in [5.74, 6) is -1.98. The van der Waals surface area contributed by atoms with Gasteiger partial charge in [-0.15, -0.1) is 0 Å². The van der Waals surface area contributed by atoms with E-state index in [-0.39, 0.29) is 11.3 Å². The summed E-state index contributed by atoms with van der Waals surface area (Å²) in [5, 5.41) is 5.39. The Balaban J connectivity index is 2.08. The van der Waals surface area contributed by atoms with Crippen molar-refractivity contribution in [2.75, 3.05) is 17.2 Å². The van der Waals surface area contributed by atoms with Gasteiger partial charge in [-0.3, -0.25) is 4.79 Å². The Kier molecular flexibility index (Phi) is 4.81. The van der Waals surface area contributed by atoms with Crippen LogP contribution in [0.4, 0.5) is 20.3 Å². The largest absolute Gasteiger partial charge is 0.370 e. The van der Waals surface area contributed by atoms with Crippen molar-refractivity contribution in [3.05, 3.63) is 53.7 Å². The predicted molar refractivity (Wildman–Crippen MR) is 77.3 cm³/mol. The molecule has 2 rings (SSSR count). The Labute approximate surface area is 121 Å². The number of carbonyl (C=O) groups excluding carboxylic acids is 1. The molecule has 1 amide bonds. The van der Waals surface area contributed by atoms with E-state index in [1.54, 1.807) is 12.1 Å². The Morgan fingerprint density at radius 1 is 1.24 bits per heavy atom. The maximum atomic E-state index is 13.5. The van der Waals surface area contributed by atoms with Crippen molar-refractivity contribution in [3.8, 4) is 0 Å². The second-order valence-electron chi connectivity index (χ2n) is 4.41.